The first-order valence-corrected chi connectivity index (χ1v) is 4.41. The molecule has 1 amide bonds. The Morgan fingerprint density at radius 1 is 1.71 bits per heavy atom. The van der Waals surface area contributed by atoms with Gasteiger partial charge in [-0.05, 0) is 18.4 Å². The number of nitrogens with zero attached hydrogens (tertiary/aromatic N) is 1. The molecule has 0 saturated heterocycles. The highest BCUT2D eigenvalue weighted by molar-refractivity contribution is 5.83. The van der Waals surface area contributed by atoms with E-state index in [1.165, 1.54) is 11.8 Å². The van der Waals surface area contributed by atoms with E-state index in [2.05, 4.69) is 6.58 Å². The molecule has 1 heterocycles. The third-order valence-electron chi connectivity index (χ3n) is 2.26. The van der Waals surface area contributed by atoms with Gasteiger partial charge in [-0.15, -0.1) is 0 Å². The average molecular weight is 195 g/mol. The fourth-order valence-corrected chi connectivity index (χ4v) is 1.48. The van der Waals surface area contributed by atoms with Crippen LogP contribution in [0.3, 0.4) is 0 Å². The van der Waals surface area contributed by atoms with Crippen molar-refractivity contribution in [1.29, 1.82) is 0 Å². The topological polar surface area (TPSA) is 57.6 Å². The van der Waals surface area contributed by atoms with Gasteiger partial charge in [-0.2, -0.15) is 0 Å². The van der Waals surface area contributed by atoms with Gasteiger partial charge in [0, 0.05) is 13.1 Å². The van der Waals surface area contributed by atoms with Crippen LogP contribution in [0, 0.1) is 0 Å². The van der Waals surface area contributed by atoms with Gasteiger partial charge in [0.1, 0.15) is 6.04 Å². The van der Waals surface area contributed by atoms with Crippen LogP contribution in [-0.4, -0.2) is 27.9 Å². The van der Waals surface area contributed by atoms with Gasteiger partial charge < -0.3 is 10.0 Å². The first-order chi connectivity index (χ1) is 6.56. The second-order valence-electron chi connectivity index (χ2n) is 3.23. The van der Waals surface area contributed by atoms with Crippen LogP contribution >= 0.6 is 0 Å². The highest BCUT2D eigenvalue weighted by atomic mass is 16.4. The standard InChI is InChI=1S/C10H13NO3/c1-3-8-4-5-9(10(13)14)11(6-8)7(2)12/h3,6,9H,1,4-5H2,2H3,(H,13,14). The lowest BCUT2D eigenvalue weighted by atomic mass is 10.0. The van der Waals surface area contributed by atoms with Crippen LogP contribution in [0.2, 0.25) is 0 Å². The Morgan fingerprint density at radius 3 is 2.79 bits per heavy atom. The number of carboxylic acids is 1. The van der Waals surface area contributed by atoms with Crippen molar-refractivity contribution in [2.45, 2.75) is 25.8 Å². The van der Waals surface area contributed by atoms with Gasteiger partial charge in [-0.25, -0.2) is 4.79 Å². The van der Waals surface area contributed by atoms with Gasteiger partial charge in [0.2, 0.25) is 5.91 Å². The zero-order valence-corrected chi connectivity index (χ0v) is 8.06. The molecule has 4 heteroatoms. The third kappa shape index (κ3) is 2.02. The minimum absolute atomic E-state index is 0.253. The van der Waals surface area contributed by atoms with Crippen LogP contribution in [0.5, 0.6) is 0 Å². The molecular weight excluding hydrogens is 182 g/mol. The normalized spacial score (nSPS) is 21.4. The molecule has 14 heavy (non-hydrogen) atoms. The molecule has 0 aliphatic carbocycles. The number of hydrogen-bond acceptors (Lipinski definition) is 2. The average Bonchev–Trinajstić information content (AvgIpc) is 2.16. The molecule has 0 bridgehead atoms. The van der Waals surface area contributed by atoms with Gasteiger partial charge in [0.05, 0.1) is 0 Å². The maximum atomic E-state index is 11.2. The van der Waals surface area contributed by atoms with Crippen molar-refractivity contribution in [3.05, 3.63) is 24.4 Å². The largest absolute Gasteiger partial charge is 0.480 e. The number of carbonyl (C=O) groups is 2. The SMILES string of the molecule is C=CC1=CN(C(C)=O)C(C(=O)O)CC1. The highest BCUT2D eigenvalue weighted by Crippen LogP contribution is 2.21. The van der Waals surface area contributed by atoms with Crippen molar-refractivity contribution < 1.29 is 14.7 Å². The molecule has 0 aromatic heterocycles. The molecule has 1 aliphatic heterocycles. The molecule has 76 valence electrons. The predicted octanol–water partition coefficient (Wildman–Crippen LogP) is 1.15. The molecule has 1 atom stereocenters. The lowest BCUT2D eigenvalue weighted by Crippen LogP contribution is -2.42. The van der Waals surface area contributed by atoms with E-state index in [4.69, 9.17) is 5.11 Å². The number of carbonyl (C=O) groups excluding carboxylic acids is 1. The second kappa shape index (κ2) is 4.09. The van der Waals surface area contributed by atoms with Crippen molar-refractivity contribution in [3.63, 3.8) is 0 Å². The van der Waals surface area contributed by atoms with Gasteiger partial charge in [-0.3, -0.25) is 4.79 Å². The number of amides is 1. The Balaban J connectivity index is 2.94. The van der Waals surface area contributed by atoms with E-state index in [0.29, 0.717) is 12.8 Å². The minimum Gasteiger partial charge on any atom is -0.480 e. The number of rotatable bonds is 2. The Labute approximate surface area is 82.5 Å². The molecule has 1 aliphatic rings. The molecule has 0 aromatic rings. The lowest BCUT2D eigenvalue weighted by molar-refractivity contribution is -0.147. The first-order valence-electron chi connectivity index (χ1n) is 4.41. The van der Waals surface area contributed by atoms with E-state index in [1.807, 2.05) is 0 Å². The van der Waals surface area contributed by atoms with Crippen LogP contribution in [0.15, 0.2) is 24.4 Å². The van der Waals surface area contributed by atoms with Crippen molar-refractivity contribution in [2.24, 2.45) is 0 Å². The van der Waals surface area contributed by atoms with Crippen molar-refractivity contribution in [3.8, 4) is 0 Å². The molecule has 1 unspecified atom stereocenters. The first kappa shape index (κ1) is 10.5. The number of allylic oxidation sites excluding steroid dienone is 2. The molecule has 1 N–H and O–H groups in total. The molecular formula is C10H13NO3. The highest BCUT2D eigenvalue weighted by Gasteiger charge is 2.29. The lowest BCUT2D eigenvalue weighted by Gasteiger charge is -2.29. The molecule has 4 nitrogen and oxygen atoms in total. The van der Waals surface area contributed by atoms with Crippen LogP contribution in [0.4, 0.5) is 0 Å². The monoisotopic (exact) mass is 195 g/mol. The summed E-state index contributed by atoms with van der Waals surface area (Å²) in [6.07, 6.45) is 4.32. The smallest absolute Gasteiger partial charge is 0.326 e. The maximum Gasteiger partial charge on any atom is 0.326 e. The summed E-state index contributed by atoms with van der Waals surface area (Å²) in [5, 5.41) is 8.87. The van der Waals surface area contributed by atoms with Crippen molar-refractivity contribution in [1.82, 2.24) is 4.90 Å². The summed E-state index contributed by atoms with van der Waals surface area (Å²) in [6, 6.07) is -0.726. The Morgan fingerprint density at radius 2 is 2.36 bits per heavy atom. The van der Waals surface area contributed by atoms with E-state index in [-0.39, 0.29) is 5.91 Å². The zero-order valence-electron chi connectivity index (χ0n) is 8.06. The fraction of sp³-hybridized carbons (Fsp3) is 0.400. The minimum atomic E-state index is -0.959. The summed E-state index contributed by atoms with van der Waals surface area (Å²) in [4.78, 5) is 23.2. The van der Waals surface area contributed by atoms with Gasteiger partial charge in [-0.1, -0.05) is 12.7 Å². The number of carboxylic acid groups (broad SMARTS) is 1. The number of hydrogen-bond donors (Lipinski definition) is 1. The molecule has 0 radical (unpaired) electrons. The Bertz CT molecular complexity index is 306. The summed E-state index contributed by atoms with van der Waals surface area (Å²) in [5.74, 6) is -1.21. The summed E-state index contributed by atoms with van der Waals surface area (Å²) < 4.78 is 0. The third-order valence-corrected chi connectivity index (χ3v) is 2.26. The van der Waals surface area contributed by atoms with E-state index >= 15 is 0 Å². The molecule has 0 fully saturated rings. The van der Waals surface area contributed by atoms with E-state index in [1.54, 1.807) is 12.3 Å². The van der Waals surface area contributed by atoms with Crippen molar-refractivity contribution in [2.75, 3.05) is 0 Å². The van der Waals surface area contributed by atoms with Crippen LogP contribution in [0.1, 0.15) is 19.8 Å². The van der Waals surface area contributed by atoms with Crippen LogP contribution in [-0.2, 0) is 9.59 Å². The number of aliphatic carboxylic acids is 1. The summed E-state index contributed by atoms with van der Waals surface area (Å²) in [5.41, 5.74) is 0.901. The van der Waals surface area contributed by atoms with E-state index in [9.17, 15) is 9.59 Å². The van der Waals surface area contributed by atoms with Crippen LogP contribution < -0.4 is 0 Å². The fourth-order valence-electron chi connectivity index (χ4n) is 1.48. The molecule has 0 saturated carbocycles. The van der Waals surface area contributed by atoms with Gasteiger partial charge in [0.15, 0.2) is 0 Å². The quantitative estimate of drug-likeness (QED) is 0.719. The molecule has 1 rings (SSSR count). The summed E-state index contributed by atoms with van der Waals surface area (Å²) in [6.45, 7) is 4.95. The molecule has 0 spiro atoms. The molecule has 0 aromatic carbocycles. The Kier molecular flexibility index (Phi) is 3.06. The zero-order chi connectivity index (χ0) is 10.7. The van der Waals surface area contributed by atoms with Crippen molar-refractivity contribution >= 4 is 11.9 Å². The summed E-state index contributed by atoms with van der Waals surface area (Å²) >= 11 is 0. The van der Waals surface area contributed by atoms with E-state index in [0.717, 1.165) is 5.57 Å². The van der Waals surface area contributed by atoms with Gasteiger partial charge >= 0.3 is 5.97 Å². The second-order valence-corrected chi connectivity index (χ2v) is 3.23. The summed E-state index contributed by atoms with van der Waals surface area (Å²) in [7, 11) is 0. The van der Waals surface area contributed by atoms with Crippen LogP contribution in [0.25, 0.3) is 0 Å². The predicted molar refractivity (Wildman–Crippen MR) is 51.5 cm³/mol. The van der Waals surface area contributed by atoms with Gasteiger partial charge in [0.25, 0.3) is 0 Å². The maximum absolute atomic E-state index is 11.2. The van der Waals surface area contributed by atoms with E-state index < -0.39 is 12.0 Å². The Hall–Kier alpha value is -1.58.